The Kier molecular flexibility index (Phi) is 19.5. The lowest BCUT2D eigenvalue weighted by Gasteiger charge is -2.49. The van der Waals surface area contributed by atoms with Gasteiger partial charge in [-0.2, -0.15) is 0 Å². The van der Waals surface area contributed by atoms with Crippen molar-refractivity contribution < 1.29 is 73.2 Å². The summed E-state index contributed by atoms with van der Waals surface area (Å²) < 4.78 is 45.1. The molecule has 70 heavy (non-hydrogen) atoms. The van der Waals surface area contributed by atoms with E-state index in [9.17, 15) is 45.2 Å². The first kappa shape index (κ1) is 57.2. The molecule has 3 fully saturated rings. The predicted molar refractivity (Wildman–Crippen MR) is 252 cm³/mol. The van der Waals surface area contributed by atoms with Gasteiger partial charge in [0.1, 0.15) is 42.1 Å². The van der Waals surface area contributed by atoms with Crippen molar-refractivity contribution in [2.45, 2.75) is 199 Å². The Labute approximate surface area is 411 Å². The Morgan fingerprint density at radius 2 is 1.69 bits per heavy atom. The average molecular weight is 994 g/mol. The minimum Gasteiger partial charge on any atom is -0.491 e. The van der Waals surface area contributed by atoms with Crippen LogP contribution in [-0.2, 0) is 51.0 Å². The third-order valence-corrected chi connectivity index (χ3v) is 14.9. The number of aliphatic hydroxyl groups excluding tert-OH is 3. The van der Waals surface area contributed by atoms with Crippen molar-refractivity contribution >= 4 is 17.4 Å². The lowest BCUT2D eigenvalue weighted by molar-refractivity contribution is -0.384. The zero-order valence-corrected chi connectivity index (χ0v) is 42.9. The lowest BCUT2D eigenvalue weighted by atomic mass is 9.74. The highest BCUT2D eigenvalue weighted by molar-refractivity contribution is 5.83. The third kappa shape index (κ3) is 13.5. The number of hydrogen-bond acceptors (Lipinski definition) is 19. The summed E-state index contributed by atoms with van der Waals surface area (Å²) in [5, 5.41) is 78.6. The highest BCUT2D eigenvalue weighted by Crippen LogP contribution is 2.41. The molecule has 1 aromatic heterocycles. The van der Waals surface area contributed by atoms with Crippen LogP contribution in [0.25, 0.3) is 0 Å². The number of hydrogen-bond donors (Lipinski definition) is 5. The standard InChI is InChI=1S/C49H79N5O16/c1-13-37-49(10,61)42(57)29(4)39(55)27(2)24-47(8,60)44(30(5)41(31(6)45(59)68-37)69-38-25-48(9,64-12)43(58)32(7)67-38)70-46-40(56)36(22-28(3)66-46)52(11)19-15-16-33-26-53(51-50-33)20-21-65-35-18-14-17-34(23-35)54(62)63/h14,17-18,23,26-32,36-38,40-44,46,56-58,60-61H,13,15-16,19-22,24-25H2,1-12H3/t27-,28-,29+,30+,31-,32+,36+,37-,38+,40-,41+,42-,43+,44-,46+,47-,48-,49-/m1/s1. The second-order valence-corrected chi connectivity index (χ2v) is 20.7. The number of rotatable bonds is 16. The van der Waals surface area contributed by atoms with Gasteiger partial charge in [0.05, 0.1) is 70.9 Å². The monoisotopic (exact) mass is 994 g/mol. The van der Waals surface area contributed by atoms with Crippen LogP contribution in [0, 0.1) is 33.8 Å². The van der Waals surface area contributed by atoms with Crippen LogP contribution in [0.1, 0.15) is 107 Å². The molecule has 18 atom stereocenters. The first-order chi connectivity index (χ1) is 32.7. The molecule has 0 saturated carbocycles. The molecule has 1 aromatic carbocycles. The highest BCUT2D eigenvalue weighted by Gasteiger charge is 2.53. The molecule has 21 heteroatoms. The molecule has 2 aromatic rings. The van der Waals surface area contributed by atoms with Gasteiger partial charge in [-0.3, -0.25) is 19.7 Å². The van der Waals surface area contributed by atoms with Crippen LogP contribution in [0.2, 0.25) is 0 Å². The fourth-order valence-corrected chi connectivity index (χ4v) is 10.5. The molecule has 5 N–H and O–H groups in total. The van der Waals surface area contributed by atoms with Gasteiger partial charge in [0.2, 0.25) is 0 Å². The summed E-state index contributed by atoms with van der Waals surface area (Å²) >= 11 is 0. The molecule has 0 amide bonds. The summed E-state index contributed by atoms with van der Waals surface area (Å²) in [6.07, 6.45) is -7.63. The molecular formula is C49H79N5O16. The molecular weight excluding hydrogens is 915 g/mol. The molecule has 0 radical (unpaired) electrons. The molecule has 4 heterocycles. The maximum atomic E-state index is 14.3. The normalized spacial score (nSPS) is 39.3. The van der Waals surface area contributed by atoms with E-state index >= 15 is 0 Å². The lowest BCUT2D eigenvalue weighted by Crippen LogP contribution is -2.61. The van der Waals surface area contributed by atoms with E-state index in [1.54, 1.807) is 58.4 Å². The molecule has 5 rings (SSSR count). The van der Waals surface area contributed by atoms with Crippen molar-refractivity contribution in [3.63, 3.8) is 0 Å². The van der Waals surface area contributed by atoms with E-state index in [0.29, 0.717) is 38.1 Å². The quantitative estimate of drug-likeness (QED) is 0.0916. The minimum atomic E-state index is -2.04. The van der Waals surface area contributed by atoms with Gasteiger partial charge in [-0.1, -0.05) is 39.0 Å². The summed E-state index contributed by atoms with van der Waals surface area (Å²) in [5.41, 5.74) is -4.33. The van der Waals surface area contributed by atoms with Gasteiger partial charge in [-0.15, -0.1) is 5.10 Å². The van der Waals surface area contributed by atoms with E-state index in [2.05, 4.69) is 10.3 Å². The number of carbonyl (C=O) groups is 2. The zero-order chi connectivity index (χ0) is 52.0. The van der Waals surface area contributed by atoms with Gasteiger partial charge in [-0.25, -0.2) is 4.68 Å². The van der Waals surface area contributed by atoms with E-state index in [-0.39, 0.29) is 31.6 Å². The molecule has 0 spiro atoms. The number of carbonyl (C=O) groups excluding carboxylic acids is 2. The second-order valence-electron chi connectivity index (χ2n) is 20.7. The molecule has 0 aliphatic carbocycles. The molecule has 21 nitrogen and oxygen atoms in total. The predicted octanol–water partition coefficient (Wildman–Crippen LogP) is 3.37. The number of non-ortho nitro benzene ring substituents is 1. The van der Waals surface area contributed by atoms with Gasteiger partial charge in [0.25, 0.3) is 5.69 Å². The number of nitrogens with zero attached hydrogens (tertiary/aromatic N) is 5. The Morgan fingerprint density at radius 1 is 0.986 bits per heavy atom. The van der Waals surface area contributed by atoms with Gasteiger partial charge in [-0.05, 0) is 93.3 Å². The molecule has 0 unspecified atom stereocenters. The number of aliphatic hydroxyl groups is 5. The number of benzene rings is 1. The number of ketones is 1. The average Bonchev–Trinajstić information content (AvgIpc) is 3.76. The first-order valence-electron chi connectivity index (χ1n) is 24.6. The summed E-state index contributed by atoms with van der Waals surface area (Å²) in [7, 11) is 3.36. The van der Waals surface area contributed by atoms with E-state index in [0.717, 1.165) is 5.69 Å². The van der Waals surface area contributed by atoms with Gasteiger partial charge >= 0.3 is 5.97 Å². The molecule has 3 aliphatic heterocycles. The van der Waals surface area contributed by atoms with Crippen LogP contribution in [0.15, 0.2) is 30.5 Å². The van der Waals surface area contributed by atoms with Crippen molar-refractivity contribution in [1.29, 1.82) is 0 Å². The Bertz CT molecular complexity index is 2040. The third-order valence-electron chi connectivity index (χ3n) is 14.9. The molecule has 3 saturated heterocycles. The van der Waals surface area contributed by atoms with Crippen molar-refractivity contribution in [2.24, 2.45) is 23.7 Å². The second kappa shape index (κ2) is 23.9. The Balaban J connectivity index is 1.37. The number of ether oxygens (including phenoxy) is 7. The topological polar surface area (TPSA) is 277 Å². The van der Waals surface area contributed by atoms with Gasteiger partial charge < -0.3 is 63.6 Å². The van der Waals surface area contributed by atoms with E-state index in [1.165, 1.54) is 40.0 Å². The van der Waals surface area contributed by atoms with Gasteiger partial charge in [0.15, 0.2) is 12.6 Å². The fraction of sp³-hybridized carbons (Fsp3) is 0.796. The number of aromatic nitrogens is 3. The van der Waals surface area contributed by atoms with Crippen LogP contribution in [0.3, 0.4) is 0 Å². The fourth-order valence-electron chi connectivity index (χ4n) is 10.5. The van der Waals surface area contributed by atoms with E-state index in [1.807, 2.05) is 25.1 Å². The van der Waals surface area contributed by atoms with E-state index in [4.69, 9.17) is 33.2 Å². The summed E-state index contributed by atoms with van der Waals surface area (Å²) in [5.74, 6) is -4.91. The number of Topliss-reactive ketones (excluding diaryl/α,β-unsaturated/α-hetero) is 1. The highest BCUT2D eigenvalue weighted by atomic mass is 16.7. The Morgan fingerprint density at radius 3 is 2.34 bits per heavy atom. The maximum absolute atomic E-state index is 14.3. The van der Waals surface area contributed by atoms with Crippen LogP contribution in [0.4, 0.5) is 5.69 Å². The molecule has 3 aliphatic rings. The largest absolute Gasteiger partial charge is 0.491 e. The Hall–Kier alpha value is -3.74. The first-order valence-corrected chi connectivity index (χ1v) is 24.6. The van der Waals surface area contributed by atoms with Crippen LogP contribution in [0.5, 0.6) is 5.75 Å². The zero-order valence-electron chi connectivity index (χ0n) is 42.9. The number of nitro benzene ring substituents is 1. The number of aryl methyl sites for hydroxylation is 1. The van der Waals surface area contributed by atoms with Gasteiger partial charge in [0, 0.05) is 49.6 Å². The molecule has 396 valence electrons. The van der Waals surface area contributed by atoms with Crippen molar-refractivity contribution in [3.8, 4) is 5.75 Å². The summed E-state index contributed by atoms with van der Waals surface area (Å²) in [6.45, 7) is 17.4. The van der Waals surface area contributed by atoms with Crippen molar-refractivity contribution in [1.82, 2.24) is 19.9 Å². The maximum Gasteiger partial charge on any atom is 0.311 e. The smallest absolute Gasteiger partial charge is 0.311 e. The van der Waals surface area contributed by atoms with Crippen LogP contribution >= 0.6 is 0 Å². The summed E-state index contributed by atoms with van der Waals surface area (Å²) in [6, 6.07) is 5.49. The number of likely N-dealkylation sites (N-methyl/N-ethyl adjacent to an activating group) is 1. The van der Waals surface area contributed by atoms with Crippen molar-refractivity contribution in [2.75, 3.05) is 27.3 Å². The SMILES string of the molecule is CC[C@H]1OC(=O)[C@H](C)[C@@H](O[C@H]2C[C@@](C)(OC)[C@@H](O)[C@H](C)O2)[C@H](C)[C@@H](O[C@@H]2O[C@H](C)C[C@H](N(C)CCCc3cn(CCOc4cccc([N+](=O)[O-])c4)nn3)[C@H]2O)[C@](C)(O)C[C@@H](C)C(=O)[C@H](C)[C@@H](O)[C@]1(C)O. The van der Waals surface area contributed by atoms with Crippen molar-refractivity contribution in [3.05, 3.63) is 46.3 Å². The number of methoxy groups -OCH3 is 1. The van der Waals surface area contributed by atoms with Crippen LogP contribution in [-0.4, -0.2) is 174 Å². The summed E-state index contributed by atoms with van der Waals surface area (Å²) in [4.78, 5) is 41.1. The van der Waals surface area contributed by atoms with Crippen LogP contribution < -0.4 is 4.74 Å². The minimum absolute atomic E-state index is 0.0535. The molecule has 0 bridgehead atoms. The van der Waals surface area contributed by atoms with E-state index < -0.39 is 125 Å². The number of nitro groups is 1. The number of esters is 1. The number of cyclic esters (lactones) is 1.